The van der Waals surface area contributed by atoms with Crippen molar-refractivity contribution in [3.8, 4) is 24.2 Å². The molecular formula is C13H17N4O2P. The number of amides is 1. The molecule has 1 amide bonds. The Hall–Kier alpha value is -2.04. The van der Waals surface area contributed by atoms with Crippen molar-refractivity contribution in [1.29, 1.82) is 0 Å². The molecule has 0 aliphatic rings. The Bertz CT molecular complexity index is 576. The van der Waals surface area contributed by atoms with Crippen LogP contribution in [0.3, 0.4) is 0 Å². The van der Waals surface area contributed by atoms with Crippen LogP contribution in [0.2, 0.25) is 0 Å². The fourth-order valence-corrected chi connectivity index (χ4v) is 2.35. The number of hydrogen-bond donors (Lipinski definition) is 1. The largest absolute Gasteiger partial charge is 0.356 e. The minimum atomic E-state index is -3.26. The third-order valence-corrected chi connectivity index (χ3v) is 4.23. The van der Waals surface area contributed by atoms with E-state index in [9.17, 15) is 9.36 Å². The zero-order valence-electron chi connectivity index (χ0n) is 11.4. The zero-order valence-corrected chi connectivity index (χ0v) is 12.3. The highest BCUT2D eigenvalue weighted by Gasteiger charge is 2.22. The third-order valence-electron chi connectivity index (χ3n) is 2.65. The Morgan fingerprint density at radius 3 is 2.70 bits per heavy atom. The van der Waals surface area contributed by atoms with Crippen LogP contribution in [0.1, 0.15) is 26.2 Å². The molecule has 1 aromatic rings. The Morgan fingerprint density at radius 1 is 1.40 bits per heavy atom. The number of terminal acetylenes is 2. The fraction of sp³-hybridized carbons (Fsp3) is 0.462. The lowest BCUT2D eigenvalue weighted by molar-refractivity contribution is -0.118. The molecule has 0 saturated carbocycles. The number of carbonyl (C=O) groups excluding carboxylic acids is 1. The molecule has 0 saturated heterocycles. The van der Waals surface area contributed by atoms with Gasteiger partial charge in [0.25, 0.3) is 7.14 Å². The van der Waals surface area contributed by atoms with E-state index in [4.69, 9.17) is 12.8 Å². The number of nitrogens with one attached hydrogen (secondary N) is 1. The van der Waals surface area contributed by atoms with Crippen molar-refractivity contribution in [3.63, 3.8) is 0 Å². The predicted octanol–water partition coefficient (Wildman–Crippen LogP) is 0.754. The van der Waals surface area contributed by atoms with E-state index in [2.05, 4.69) is 27.0 Å². The van der Waals surface area contributed by atoms with Gasteiger partial charge in [-0.15, -0.1) is 17.9 Å². The predicted molar refractivity (Wildman–Crippen MR) is 77.5 cm³/mol. The van der Waals surface area contributed by atoms with Gasteiger partial charge < -0.3 is 5.32 Å². The molecule has 0 aliphatic heterocycles. The van der Waals surface area contributed by atoms with E-state index in [-0.39, 0.29) is 11.3 Å². The van der Waals surface area contributed by atoms with Gasteiger partial charge in [0.05, 0.1) is 6.20 Å². The van der Waals surface area contributed by atoms with Gasteiger partial charge in [-0.1, -0.05) is 5.21 Å². The SMILES string of the molecule is C#CP(=O)(C#C)c1cn(CCCCCNC(C)=O)nn1. The van der Waals surface area contributed by atoms with Crippen LogP contribution in [0.25, 0.3) is 0 Å². The summed E-state index contributed by atoms with van der Waals surface area (Å²) in [5, 5.41) is 10.4. The fourth-order valence-electron chi connectivity index (χ4n) is 1.55. The summed E-state index contributed by atoms with van der Waals surface area (Å²) in [4.78, 5) is 10.7. The lowest BCUT2D eigenvalue weighted by Crippen LogP contribution is -2.20. The van der Waals surface area contributed by atoms with Gasteiger partial charge in [-0.05, 0) is 30.6 Å². The van der Waals surface area contributed by atoms with Crippen molar-refractivity contribution >= 4 is 18.5 Å². The van der Waals surface area contributed by atoms with Gasteiger partial charge in [0, 0.05) is 20.0 Å². The second kappa shape index (κ2) is 7.53. The molecule has 0 radical (unpaired) electrons. The van der Waals surface area contributed by atoms with Crippen LogP contribution < -0.4 is 10.8 Å². The Balaban J connectivity index is 2.39. The molecule has 7 heteroatoms. The molecule has 20 heavy (non-hydrogen) atoms. The smallest absolute Gasteiger partial charge is 0.271 e. The molecule has 1 aromatic heterocycles. The average molecular weight is 292 g/mol. The quantitative estimate of drug-likeness (QED) is 0.457. The van der Waals surface area contributed by atoms with E-state index in [1.165, 1.54) is 13.1 Å². The van der Waals surface area contributed by atoms with E-state index in [0.717, 1.165) is 19.3 Å². The summed E-state index contributed by atoms with van der Waals surface area (Å²) in [7, 11) is -3.26. The highest BCUT2D eigenvalue weighted by Crippen LogP contribution is 2.39. The first kappa shape index (κ1) is 16.0. The summed E-state index contributed by atoms with van der Waals surface area (Å²) in [6.07, 6.45) is 14.6. The van der Waals surface area contributed by atoms with Gasteiger partial charge in [-0.2, -0.15) is 0 Å². The van der Waals surface area contributed by atoms with E-state index in [0.29, 0.717) is 13.1 Å². The first-order chi connectivity index (χ1) is 9.51. The molecular weight excluding hydrogens is 275 g/mol. The molecule has 1 rings (SSSR count). The van der Waals surface area contributed by atoms with Gasteiger partial charge >= 0.3 is 0 Å². The minimum absolute atomic E-state index is 0.0229. The maximum atomic E-state index is 12.0. The van der Waals surface area contributed by atoms with Crippen molar-refractivity contribution in [2.24, 2.45) is 0 Å². The number of rotatable bonds is 7. The van der Waals surface area contributed by atoms with Gasteiger partial charge in [-0.3, -0.25) is 14.0 Å². The number of carbonyl (C=O) groups is 1. The third kappa shape index (κ3) is 4.57. The number of aryl methyl sites for hydroxylation is 1. The summed E-state index contributed by atoms with van der Waals surface area (Å²) in [6.45, 7) is 2.80. The van der Waals surface area contributed by atoms with Crippen LogP contribution >= 0.6 is 7.14 Å². The summed E-state index contributed by atoms with van der Waals surface area (Å²) < 4.78 is 13.6. The van der Waals surface area contributed by atoms with Crippen LogP contribution in [0.15, 0.2) is 6.20 Å². The Labute approximate surface area is 118 Å². The molecule has 1 heterocycles. The van der Waals surface area contributed by atoms with E-state index in [1.54, 1.807) is 4.68 Å². The van der Waals surface area contributed by atoms with E-state index < -0.39 is 7.14 Å². The molecule has 6 nitrogen and oxygen atoms in total. The van der Waals surface area contributed by atoms with Gasteiger partial charge in [0.15, 0.2) is 5.44 Å². The lowest BCUT2D eigenvalue weighted by Gasteiger charge is -2.02. The normalized spacial score (nSPS) is 10.6. The van der Waals surface area contributed by atoms with Crippen LogP contribution in [0, 0.1) is 24.2 Å². The van der Waals surface area contributed by atoms with Gasteiger partial charge in [0.1, 0.15) is 0 Å². The van der Waals surface area contributed by atoms with Crippen molar-refractivity contribution in [1.82, 2.24) is 20.3 Å². The number of hydrogen-bond acceptors (Lipinski definition) is 4. The summed E-state index contributed by atoms with van der Waals surface area (Å²) >= 11 is 0. The second-order valence-corrected chi connectivity index (χ2v) is 6.44. The maximum Gasteiger partial charge on any atom is 0.271 e. The first-order valence-electron chi connectivity index (χ1n) is 6.23. The van der Waals surface area contributed by atoms with Gasteiger partial charge in [-0.25, -0.2) is 0 Å². The van der Waals surface area contributed by atoms with Gasteiger partial charge in [0.2, 0.25) is 5.91 Å². The van der Waals surface area contributed by atoms with Crippen molar-refractivity contribution in [3.05, 3.63) is 6.20 Å². The summed E-state index contributed by atoms with van der Waals surface area (Å²) in [6, 6.07) is 0. The molecule has 106 valence electrons. The molecule has 0 atom stereocenters. The first-order valence-corrected chi connectivity index (χ1v) is 7.93. The lowest BCUT2D eigenvalue weighted by atomic mass is 10.2. The van der Waals surface area contributed by atoms with Crippen LogP contribution in [0.5, 0.6) is 0 Å². The molecule has 1 N–H and O–H groups in total. The van der Waals surface area contributed by atoms with Crippen LogP contribution in [0.4, 0.5) is 0 Å². The molecule has 0 fully saturated rings. The standard InChI is InChI=1S/C13H17N4O2P/c1-4-20(19,5-2)13-11-17(16-15-13)10-8-6-7-9-14-12(3)18/h1-2,11H,6-10H2,3H3,(H,14,18). The number of unbranched alkanes of at least 4 members (excludes halogenated alkanes) is 2. The highest BCUT2D eigenvalue weighted by molar-refractivity contribution is 7.80. The minimum Gasteiger partial charge on any atom is -0.356 e. The average Bonchev–Trinajstić information content (AvgIpc) is 2.91. The molecule has 0 bridgehead atoms. The van der Waals surface area contributed by atoms with Crippen molar-refractivity contribution in [2.45, 2.75) is 32.7 Å². The topological polar surface area (TPSA) is 76.9 Å². The zero-order chi connectivity index (χ0) is 15.0. The monoisotopic (exact) mass is 292 g/mol. The molecule has 0 spiro atoms. The van der Waals surface area contributed by atoms with Crippen molar-refractivity contribution < 1.29 is 9.36 Å². The van der Waals surface area contributed by atoms with E-state index >= 15 is 0 Å². The van der Waals surface area contributed by atoms with Crippen molar-refractivity contribution in [2.75, 3.05) is 6.54 Å². The molecule has 0 unspecified atom stereocenters. The van der Waals surface area contributed by atoms with Crippen LogP contribution in [-0.2, 0) is 15.9 Å². The summed E-state index contributed by atoms with van der Waals surface area (Å²) in [5.74, 6) is -0.0229. The second-order valence-electron chi connectivity index (χ2n) is 4.25. The molecule has 0 aromatic carbocycles. The number of nitrogens with zero attached hydrogens (tertiary/aromatic N) is 3. The van der Waals surface area contributed by atoms with E-state index in [1.807, 2.05) is 0 Å². The van der Waals surface area contributed by atoms with Crippen LogP contribution in [-0.4, -0.2) is 27.4 Å². The highest BCUT2D eigenvalue weighted by atomic mass is 31.2. The Kier molecular flexibility index (Phi) is 6.03. The summed E-state index contributed by atoms with van der Waals surface area (Å²) in [5.41, 5.74) is 4.41. The Morgan fingerprint density at radius 2 is 2.10 bits per heavy atom. The number of aromatic nitrogens is 3. The molecule has 0 aliphatic carbocycles. The maximum absolute atomic E-state index is 12.0.